The monoisotopic (exact) mass is 686 g/mol. The molecule has 7 rings (SSSR count). The molecule has 3 atom stereocenters. The van der Waals surface area contributed by atoms with E-state index >= 15 is 0 Å². The number of alkyl halides is 2. The number of hydrogen-bond donors (Lipinski definition) is 3. The summed E-state index contributed by atoms with van der Waals surface area (Å²) in [6.07, 6.45) is 6.72. The molecule has 9 nitrogen and oxygen atoms in total. The first-order valence-corrected chi connectivity index (χ1v) is 18.2. The van der Waals surface area contributed by atoms with E-state index in [0.717, 1.165) is 70.3 Å². The number of hydrogen-bond acceptors (Lipinski definition) is 6. The lowest BCUT2D eigenvalue weighted by molar-refractivity contribution is -0.120. The molecule has 3 heterocycles. The minimum atomic E-state index is -2.69. The third-order valence-corrected chi connectivity index (χ3v) is 12.2. The fourth-order valence-electron chi connectivity index (χ4n) is 8.67. The second-order valence-corrected chi connectivity index (χ2v) is 15.1. The fraction of sp³-hybridized carbons (Fsp3) is 0.538. The van der Waals surface area contributed by atoms with Crippen LogP contribution in [0.5, 0.6) is 0 Å². The van der Waals surface area contributed by atoms with Crippen molar-refractivity contribution in [2.75, 3.05) is 50.0 Å². The number of aromatic nitrogens is 2. The van der Waals surface area contributed by atoms with Gasteiger partial charge in [-0.3, -0.25) is 14.7 Å². The molecule has 0 bridgehead atoms. The van der Waals surface area contributed by atoms with E-state index in [1.165, 1.54) is 11.3 Å². The Morgan fingerprint density at radius 3 is 2.38 bits per heavy atom. The number of aldehydes is 1. The lowest BCUT2D eigenvalue weighted by Gasteiger charge is -2.38. The van der Waals surface area contributed by atoms with E-state index in [4.69, 9.17) is 0 Å². The van der Waals surface area contributed by atoms with Gasteiger partial charge in [0.1, 0.15) is 6.29 Å². The molecular weight excluding hydrogens is 638 g/mol. The van der Waals surface area contributed by atoms with E-state index in [1.54, 1.807) is 14.0 Å². The molecule has 0 spiro atoms. The minimum Gasteiger partial charge on any atom is -0.372 e. The number of carbonyl (C=O) groups is 3. The Morgan fingerprint density at radius 1 is 1.02 bits per heavy atom. The number of likely N-dealkylation sites (tertiary alicyclic amines) is 1. The molecule has 2 aliphatic carbocycles. The molecule has 0 radical (unpaired) electrons. The number of halogens is 2. The third kappa shape index (κ3) is 6.68. The van der Waals surface area contributed by atoms with Crippen LogP contribution < -0.4 is 15.5 Å². The number of amides is 2. The summed E-state index contributed by atoms with van der Waals surface area (Å²) in [5.41, 5.74) is 4.58. The number of piperidine rings is 2. The SMILES string of the molecule is CNC(=O)CCC(C=O)c1ccc(N2CCC(CN3CCC(c4ccc(NC(=O)c5n[nH]c6c5CC5C(F)(F)C5(C)C6)cc4)CC3)CC2)cc1. The topological polar surface area (TPSA) is 110 Å². The van der Waals surface area contributed by atoms with Gasteiger partial charge in [0.05, 0.1) is 0 Å². The quantitative estimate of drug-likeness (QED) is 0.216. The number of anilines is 2. The molecule has 3 aromatic rings. The summed E-state index contributed by atoms with van der Waals surface area (Å²) in [5, 5.41) is 12.6. The molecule has 1 saturated carbocycles. The third-order valence-electron chi connectivity index (χ3n) is 12.2. The van der Waals surface area contributed by atoms with Gasteiger partial charge in [-0.25, -0.2) is 8.78 Å². The zero-order valence-electron chi connectivity index (χ0n) is 29.0. The zero-order chi connectivity index (χ0) is 35.0. The van der Waals surface area contributed by atoms with Crippen molar-refractivity contribution >= 4 is 29.5 Å². The number of rotatable bonds is 11. The van der Waals surface area contributed by atoms with Gasteiger partial charge >= 0.3 is 0 Å². The number of fused-ring (bicyclic) bond motifs is 2. The molecule has 266 valence electrons. The first-order valence-electron chi connectivity index (χ1n) is 18.2. The van der Waals surface area contributed by atoms with Gasteiger partial charge in [-0.15, -0.1) is 0 Å². The van der Waals surface area contributed by atoms with Crippen LogP contribution >= 0.6 is 0 Å². The minimum absolute atomic E-state index is 0.0484. The summed E-state index contributed by atoms with van der Waals surface area (Å²) in [6.45, 7) is 6.95. The van der Waals surface area contributed by atoms with Crippen molar-refractivity contribution in [3.8, 4) is 0 Å². The molecule has 2 saturated heterocycles. The number of carbonyl (C=O) groups excluding carboxylic acids is 3. The molecule has 2 amide bonds. The summed E-state index contributed by atoms with van der Waals surface area (Å²) in [7, 11) is 1.61. The standard InChI is InChI=1S/C39H48F2N6O3/c1-38-22-33-32(21-34(38)39(38,40)41)36(45-44-33)37(50)43-30-8-3-26(4-9-30)28-15-17-46(18-16-28)23-25-13-19-47(20-14-25)31-10-5-27(6-11-31)29(24-48)7-12-35(49)42-2/h3-6,8-11,24-25,28-29,34H,7,12-23H2,1-2H3,(H,42,49)(H,43,50)(H,44,45). The van der Waals surface area contributed by atoms with Crippen LogP contribution in [-0.2, 0) is 22.4 Å². The van der Waals surface area contributed by atoms with Crippen LogP contribution in [-0.4, -0.2) is 78.9 Å². The smallest absolute Gasteiger partial charge is 0.276 e. The maximum atomic E-state index is 14.3. The number of H-pyrrole nitrogens is 1. The Bertz CT molecular complexity index is 1690. The summed E-state index contributed by atoms with van der Waals surface area (Å²) in [4.78, 5) is 41.4. The van der Waals surface area contributed by atoms with Crippen molar-refractivity contribution in [1.29, 1.82) is 0 Å². The van der Waals surface area contributed by atoms with Crippen LogP contribution in [0.2, 0.25) is 0 Å². The Hall–Kier alpha value is -4.12. The summed E-state index contributed by atoms with van der Waals surface area (Å²) >= 11 is 0. The van der Waals surface area contributed by atoms with Crippen LogP contribution in [0.4, 0.5) is 20.2 Å². The van der Waals surface area contributed by atoms with Gasteiger partial charge in [0, 0.05) is 79.4 Å². The predicted octanol–water partition coefficient (Wildman–Crippen LogP) is 5.94. The maximum absolute atomic E-state index is 14.3. The highest BCUT2D eigenvalue weighted by molar-refractivity contribution is 6.04. The Balaban J connectivity index is 0.838. The van der Waals surface area contributed by atoms with Crippen molar-refractivity contribution in [2.24, 2.45) is 17.3 Å². The van der Waals surface area contributed by atoms with Gasteiger partial charge < -0.3 is 25.2 Å². The number of benzene rings is 2. The Kier molecular flexibility index (Phi) is 9.54. The first kappa shape index (κ1) is 34.3. The predicted molar refractivity (Wildman–Crippen MR) is 189 cm³/mol. The molecule has 50 heavy (non-hydrogen) atoms. The number of nitrogens with zero attached hydrogens (tertiary/aromatic N) is 3. The van der Waals surface area contributed by atoms with Gasteiger partial charge in [0.15, 0.2) is 5.69 Å². The lowest BCUT2D eigenvalue weighted by Crippen LogP contribution is -2.41. The van der Waals surface area contributed by atoms with E-state index < -0.39 is 17.3 Å². The summed E-state index contributed by atoms with van der Waals surface area (Å²) in [5.74, 6) is -2.93. The normalized spacial score (nSPS) is 24.2. The highest BCUT2D eigenvalue weighted by Gasteiger charge is 2.78. The molecule has 11 heteroatoms. The van der Waals surface area contributed by atoms with Gasteiger partial charge in [0.25, 0.3) is 11.8 Å². The van der Waals surface area contributed by atoms with E-state index in [0.29, 0.717) is 41.6 Å². The van der Waals surface area contributed by atoms with Crippen molar-refractivity contribution in [1.82, 2.24) is 20.4 Å². The average molecular weight is 687 g/mol. The van der Waals surface area contributed by atoms with Crippen LogP contribution in [0, 0.1) is 17.3 Å². The van der Waals surface area contributed by atoms with Gasteiger partial charge in [-0.1, -0.05) is 31.2 Å². The summed E-state index contributed by atoms with van der Waals surface area (Å²) in [6, 6.07) is 16.3. The first-order chi connectivity index (χ1) is 24.1. The Labute approximate surface area is 292 Å². The molecule has 3 N–H and O–H groups in total. The number of nitrogens with one attached hydrogen (secondary N) is 3. The van der Waals surface area contributed by atoms with Gasteiger partial charge in [0.2, 0.25) is 5.91 Å². The zero-order valence-corrected chi connectivity index (χ0v) is 29.0. The largest absolute Gasteiger partial charge is 0.372 e. The van der Waals surface area contributed by atoms with Crippen molar-refractivity contribution in [3.05, 3.63) is 76.6 Å². The van der Waals surface area contributed by atoms with Crippen molar-refractivity contribution in [2.45, 2.75) is 76.0 Å². The van der Waals surface area contributed by atoms with Crippen LogP contribution in [0.15, 0.2) is 48.5 Å². The molecule has 3 unspecified atom stereocenters. The number of aromatic amines is 1. The van der Waals surface area contributed by atoms with Gasteiger partial charge in [-0.05, 0) is 98.8 Å². The van der Waals surface area contributed by atoms with Crippen LogP contribution in [0.3, 0.4) is 0 Å². The second kappa shape index (κ2) is 13.9. The van der Waals surface area contributed by atoms with E-state index in [9.17, 15) is 23.2 Å². The van der Waals surface area contributed by atoms with Crippen molar-refractivity contribution < 1.29 is 23.2 Å². The average Bonchev–Trinajstić information content (AvgIpc) is 3.36. The fourth-order valence-corrected chi connectivity index (χ4v) is 8.67. The molecule has 2 aliphatic heterocycles. The maximum Gasteiger partial charge on any atom is 0.276 e. The van der Waals surface area contributed by atoms with E-state index in [2.05, 4.69) is 54.9 Å². The summed E-state index contributed by atoms with van der Waals surface area (Å²) < 4.78 is 28.6. The van der Waals surface area contributed by atoms with Gasteiger partial charge in [-0.2, -0.15) is 5.10 Å². The molecule has 2 aromatic carbocycles. The van der Waals surface area contributed by atoms with E-state index in [1.807, 2.05) is 24.3 Å². The second-order valence-electron chi connectivity index (χ2n) is 15.1. The lowest BCUT2D eigenvalue weighted by atomic mass is 9.87. The molecule has 3 fully saturated rings. The van der Waals surface area contributed by atoms with Crippen molar-refractivity contribution in [3.63, 3.8) is 0 Å². The van der Waals surface area contributed by atoms with Crippen LogP contribution in [0.1, 0.15) is 90.2 Å². The van der Waals surface area contributed by atoms with Crippen LogP contribution in [0.25, 0.3) is 0 Å². The molecule has 1 aromatic heterocycles. The molecular formula is C39H48F2N6O3. The Morgan fingerprint density at radius 2 is 1.72 bits per heavy atom. The highest BCUT2D eigenvalue weighted by atomic mass is 19.3. The molecule has 4 aliphatic rings. The van der Waals surface area contributed by atoms with E-state index in [-0.39, 0.29) is 36.3 Å². The highest BCUT2D eigenvalue weighted by Crippen LogP contribution is 2.70.